The maximum absolute atomic E-state index is 13.5. The number of sulfone groups is 1. The standard InChI is InChI=1S/C31H37N3O6S/c35-21-9-22-39-27-17-15-26(16-18-27)29-33-31(24-40-29,19-23-41(37,38)28-13-5-2-6-14-28)30(36)34-32-20-8-7-12-25-10-3-1-4-11-25/h1-6,10-11,13-18,32,35H,7-9,12,19-24H2,(H,34,36)/t31-/m0/s1. The zero-order valence-electron chi connectivity index (χ0n) is 23.0. The highest BCUT2D eigenvalue weighted by atomic mass is 32.2. The van der Waals surface area contributed by atoms with Crippen LogP contribution in [0.1, 0.15) is 36.8 Å². The molecule has 0 bridgehead atoms. The third-order valence-corrected chi connectivity index (χ3v) is 8.54. The number of nitrogens with zero attached hydrogens (tertiary/aromatic N) is 1. The molecule has 0 radical (unpaired) electrons. The Morgan fingerprint density at radius 1 is 0.951 bits per heavy atom. The SMILES string of the molecule is O=C(NNCCCCc1ccccc1)[C@]1(CCS(=O)(=O)c2ccccc2)COC(c2ccc(OCCCO)cc2)=N1. The molecule has 3 N–H and O–H groups in total. The van der Waals surface area contributed by atoms with Gasteiger partial charge in [-0.15, -0.1) is 0 Å². The van der Waals surface area contributed by atoms with E-state index in [0.717, 1.165) is 19.3 Å². The number of hydrogen-bond acceptors (Lipinski definition) is 8. The molecule has 1 aliphatic heterocycles. The van der Waals surface area contributed by atoms with Gasteiger partial charge < -0.3 is 14.6 Å². The van der Waals surface area contributed by atoms with E-state index < -0.39 is 21.3 Å². The summed E-state index contributed by atoms with van der Waals surface area (Å²) >= 11 is 0. The van der Waals surface area contributed by atoms with E-state index in [2.05, 4.69) is 28.0 Å². The predicted octanol–water partition coefficient (Wildman–Crippen LogP) is 3.47. The quantitative estimate of drug-likeness (QED) is 0.175. The van der Waals surface area contributed by atoms with Crippen molar-refractivity contribution in [2.75, 3.05) is 32.1 Å². The number of unbranched alkanes of at least 4 members (excludes halogenated alkanes) is 1. The second kappa shape index (κ2) is 14.8. The second-order valence-corrected chi connectivity index (χ2v) is 12.0. The summed E-state index contributed by atoms with van der Waals surface area (Å²) in [5.41, 5.74) is 6.22. The smallest absolute Gasteiger partial charge is 0.265 e. The number of benzene rings is 3. The summed E-state index contributed by atoms with van der Waals surface area (Å²) in [5.74, 6) is 0.194. The normalized spacial score (nSPS) is 16.6. The van der Waals surface area contributed by atoms with Crippen LogP contribution in [0.15, 0.2) is 94.8 Å². The van der Waals surface area contributed by atoms with Gasteiger partial charge in [-0.2, -0.15) is 0 Å². The highest BCUT2D eigenvalue weighted by Crippen LogP contribution is 2.28. The lowest BCUT2D eigenvalue weighted by molar-refractivity contribution is -0.127. The number of aryl methyl sites for hydroxylation is 1. The molecule has 10 heteroatoms. The van der Waals surface area contributed by atoms with Gasteiger partial charge in [0.05, 0.1) is 17.3 Å². The number of ether oxygens (including phenoxy) is 2. The number of aliphatic hydroxyl groups excluding tert-OH is 1. The van der Waals surface area contributed by atoms with Gasteiger partial charge in [-0.3, -0.25) is 10.2 Å². The van der Waals surface area contributed by atoms with Crippen molar-refractivity contribution in [2.24, 2.45) is 4.99 Å². The van der Waals surface area contributed by atoms with E-state index in [1.54, 1.807) is 54.6 Å². The van der Waals surface area contributed by atoms with Crippen molar-refractivity contribution in [3.05, 3.63) is 96.1 Å². The zero-order valence-corrected chi connectivity index (χ0v) is 23.8. The summed E-state index contributed by atoms with van der Waals surface area (Å²) in [6.07, 6.45) is 3.24. The van der Waals surface area contributed by atoms with Crippen molar-refractivity contribution in [2.45, 2.75) is 42.5 Å². The van der Waals surface area contributed by atoms with Gasteiger partial charge in [-0.25, -0.2) is 18.8 Å². The fourth-order valence-corrected chi connectivity index (χ4v) is 5.81. The number of rotatable bonds is 16. The fraction of sp³-hybridized carbons (Fsp3) is 0.355. The molecule has 9 nitrogen and oxygen atoms in total. The Hall–Kier alpha value is -3.73. The van der Waals surface area contributed by atoms with Crippen LogP contribution in [0.4, 0.5) is 0 Å². The number of hydrazine groups is 1. The second-order valence-electron chi connectivity index (χ2n) is 9.89. The minimum Gasteiger partial charge on any atom is -0.494 e. The van der Waals surface area contributed by atoms with Crippen LogP contribution >= 0.6 is 0 Å². The van der Waals surface area contributed by atoms with E-state index in [4.69, 9.17) is 14.6 Å². The molecular weight excluding hydrogens is 542 g/mol. The maximum Gasteiger partial charge on any atom is 0.265 e. The monoisotopic (exact) mass is 579 g/mol. The van der Waals surface area contributed by atoms with Gasteiger partial charge in [0.1, 0.15) is 12.4 Å². The minimum atomic E-state index is -3.64. The van der Waals surface area contributed by atoms with Crippen molar-refractivity contribution >= 4 is 21.6 Å². The highest BCUT2D eigenvalue weighted by Gasteiger charge is 2.45. The molecule has 0 fully saturated rings. The molecule has 0 spiro atoms. The van der Waals surface area contributed by atoms with Crippen LogP contribution in [0.5, 0.6) is 5.75 Å². The van der Waals surface area contributed by atoms with Crippen LogP contribution in [0, 0.1) is 0 Å². The van der Waals surface area contributed by atoms with Crippen molar-refractivity contribution in [3.63, 3.8) is 0 Å². The molecule has 0 saturated heterocycles. The number of nitrogens with one attached hydrogen (secondary N) is 2. The van der Waals surface area contributed by atoms with Crippen LogP contribution in [-0.4, -0.2) is 63.0 Å². The van der Waals surface area contributed by atoms with Gasteiger partial charge in [-0.1, -0.05) is 48.5 Å². The van der Waals surface area contributed by atoms with E-state index in [0.29, 0.717) is 30.9 Å². The molecular formula is C31H37N3O6S. The van der Waals surface area contributed by atoms with Crippen molar-refractivity contribution in [1.29, 1.82) is 0 Å². The fourth-order valence-electron chi connectivity index (χ4n) is 4.40. The maximum atomic E-state index is 13.5. The third-order valence-electron chi connectivity index (χ3n) is 6.81. The van der Waals surface area contributed by atoms with Crippen LogP contribution in [0.3, 0.4) is 0 Å². The third kappa shape index (κ3) is 8.63. The minimum absolute atomic E-state index is 0.0440. The number of aliphatic hydroxyl groups is 1. The van der Waals surface area contributed by atoms with Crippen molar-refractivity contribution in [3.8, 4) is 5.75 Å². The lowest BCUT2D eigenvalue weighted by Crippen LogP contribution is -2.52. The van der Waals surface area contributed by atoms with Gasteiger partial charge in [0.25, 0.3) is 5.91 Å². The van der Waals surface area contributed by atoms with Gasteiger partial charge >= 0.3 is 0 Å². The first-order chi connectivity index (χ1) is 19.9. The molecule has 1 heterocycles. The van der Waals surface area contributed by atoms with E-state index >= 15 is 0 Å². The number of carbonyl (C=O) groups excluding carboxylic acids is 1. The lowest BCUT2D eigenvalue weighted by atomic mass is 9.98. The van der Waals surface area contributed by atoms with Crippen LogP contribution in [0.25, 0.3) is 0 Å². The van der Waals surface area contributed by atoms with Gasteiger partial charge in [0.15, 0.2) is 15.4 Å². The summed E-state index contributed by atoms with van der Waals surface area (Å²) < 4.78 is 37.5. The molecule has 1 aliphatic rings. The topological polar surface area (TPSA) is 126 Å². The number of hydrogen-bond donors (Lipinski definition) is 3. The molecule has 41 heavy (non-hydrogen) atoms. The summed E-state index contributed by atoms with van der Waals surface area (Å²) in [4.78, 5) is 18.3. The summed E-state index contributed by atoms with van der Waals surface area (Å²) in [6.45, 7) is 0.927. The van der Waals surface area contributed by atoms with Gasteiger partial charge in [0, 0.05) is 25.1 Å². The predicted molar refractivity (Wildman–Crippen MR) is 157 cm³/mol. The zero-order chi connectivity index (χ0) is 29.0. The first-order valence-electron chi connectivity index (χ1n) is 13.8. The molecule has 218 valence electrons. The number of carbonyl (C=O) groups is 1. The summed E-state index contributed by atoms with van der Waals surface area (Å²) in [7, 11) is -3.64. The number of amides is 1. The van der Waals surface area contributed by atoms with Crippen molar-refractivity contribution < 1.29 is 27.8 Å². The molecule has 0 aliphatic carbocycles. The average molecular weight is 580 g/mol. The molecule has 3 aromatic carbocycles. The van der Waals surface area contributed by atoms with Crippen LogP contribution in [-0.2, 0) is 25.8 Å². The Balaban J connectivity index is 1.41. The van der Waals surface area contributed by atoms with Crippen LogP contribution < -0.4 is 15.6 Å². The van der Waals surface area contributed by atoms with E-state index in [1.165, 1.54) is 5.56 Å². The molecule has 4 rings (SSSR count). The van der Waals surface area contributed by atoms with E-state index in [-0.39, 0.29) is 36.2 Å². The largest absolute Gasteiger partial charge is 0.494 e. The van der Waals surface area contributed by atoms with Gasteiger partial charge in [0.2, 0.25) is 5.90 Å². The Morgan fingerprint density at radius 3 is 2.37 bits per heavy atom. The molecule has 0 aromatic heterocycles. The van der Waals surface area contributed by atoms with Crippen LogP contribution in [0.2, 0.25) is 0 Å². The molecule has 1 amide bonds. The Labute approximate surface area is 241 Å². The van der Waals surface area contributed by atoms with E-state index in [9.17, 15) is 13.2 Å². The Morgan fingerprint density at radius 2 is 1.66 bits per heavy atom. The molecule has 0 saturated carbocycles. The lowest BCUT2D eigenvalue weighted by Gasteiger charge is -2.23. The first-order valence-corrected chi connectivity index (χ1v) is 15.5. The average Bonchev–Trinajstić information content (AvgIpc) is 3.45. The van der Waals surface area contributed by atoms with Gasteiger partial charge in [-0.05, 0) is 67.6 Å². The highest BCUT2D eigenvalue weighted by molar-refractivity contribution is 7.91. The van der Waals surface area contributed by atoms with E-state index in [1.807, 2.05) is 18.2 Å². The summed E-state index contributed by atoms with van der Waals surface area (Å²) in [6, 6.07) is 25.5. The molecule has 3 aromatic rings. The Bertz CT molecular complexity index is 1380. The first kappa shape index (κ1) is 30.2. The summed E-state index contributed by atoms with van der Waals surface area (Å²) in [5, 5.41) is 8.93. The Kier molecular flexibility index (Phi) is 10.9. The van der Waals surface area contributed by atoms with Crippen molar-refractivity contribution in [1.82, 2.24) is 10.9 Å². The molecule has 0 unspecified atom stereocenters. The number of aliphatic imine (C=N–C) groups is 1. The molecule has 1 atom stereocenters.